The predicted octanol–water partition coefficient (Wildman–Crippen LogP) is 1.73. The van der Waals surface area contributed by atoms with Crippen LogP contribution in [-0.4, -0.2) is 29.2 Å². The Hall–Kier alpha value is -1.90. The number of aromatic nitrogens is 1. The summed E-state index contributed by atoms with van der Waals surface area (Å²) in [4.78, 5) is 7.39. The molecular weight excluding hydrogens is 292 g/mol. The number of halogens is 4. The lowest BCUT2D eigenvalue weighted by atomic mass is 9.90. The molecule has 5 nitrogen and oxygen atoms in total. The van der Waals surface area contributed by atoms with Gasteiger partial charge in [0.2, 0.25) is 5.60 Å². The summed E-state index contributed by atoms with van der Waals surface area (Å²) in [6.07, 6.45) is -3.85. The van der Waals surface area contributed by atoms with E-state index in [1.165, 1.54) is 13.0 Å². The van der Waals surface area contributed by atoms with Gasteiger partial charge in [-0.15, -0.1) is 0 Å². The molecule has 21 heavy (non-hydrogen) atoms. The predicted molar refractivity (Wildman–Crippen MR) is 68.0 cm³/mol. The van der Waals surface area contributed by atoms with Crippen molar-refractivity contribution in [2.75, 3.05) is 12.3 Å². The highest BCUT2D eigenvalue weighted by Crippen LogP contribution is 2.41. The van der Waals surface area contributed by atoms with Gasteiger partial charge in [0.05, 0.1) is 12.8 Å². The summed E-state index contributed by atoms with van der Waals surface area (Å²) in [5.41, 5.74) is 6.78. The maximum absolute atomic E-state index is 13.8. The molecule has 0 saturated heterocycles. The van der Waals surface area contributed by atoms with E-state index in [-0.39, 0.29) is 11.4 Å². The van der Waals surface area contributed by atoms with Crippen LogP contribution in [0.15, 0.2) is 17.3 Å². The molecule has 0 saturated carbocycles. The lowest BCUT2D eigenvalue weighted by Gasteiger charge is -2.40. The van der Waals surface area contributed by atoms with Crippen molar-refractivity contribution >= 4 is 11.7 Å². The number of aliphatic imine (C=N–C) groups is 1. The maximum Gasteiger partial charge on any atom is 0.424 e. The molecule has 2 rings (SSSR count). The molecule has 0 aromatic carbocycles. The van der Waals surface area contributed by atoms with Crippen LogP contribution in [0.4, 0.5) is 23.4 Å². The van der Waals surface area contributed by atoms with Crippen LogP contribution < -0.4 is 11.5 Å². The highest BCUT2D eigenvalue weighted by molar-refractivity contribution is 5.90. The summed E-state index contributed by atoms with van der Waals surface area (Å²) in [7, 11) is 0. The van der Waals surface area contributed by atoms with Crippen LogP contribution in [0.3, 0.4) is 0 Å². The molecule has 0 amide bonds. The van der Waals surface area contributed by atoms with Gasteiger partial charge in [0.1, 0.15) is 23.0 Å². The summed E-state index contributed by atoms with van der Waals surface area (Å²) in [5.74, 6) is -1.49. The summed E-state index contributed by atoms with van der Waals surface area (Å²) in [6.45, 7) is 1.69. The van der Waals surface area contributed by atoms with Crippen molar-refractivity contribution in [3.05, 3.63) is 23.6 Å². The molecule has 0 fully saturated rings. The Morgan fingerprint density at radius 2 is 1.90 bits per heavy atom. The summed E-state index contributed by atoms with van der Waals surface area (Å²) < 4.78 is 57.7. The number of alkyl halides is 3. The van der Waals surface area contributed by atoms with Crippen molar-refractivity contribution in [3.63, 3.8) is 0 Å². The van der Waals surface area contributed by atoms with E-state index < -0.39 is 35.6 Å². The third-order valence-electron chi connectivity index (χ3n) is 3.50. The molecule has 4 N–H and O–H groups in total. The first-order valence-corrected chi connectivity index (χ1v) is 5.97. The second kappa shape index (κ2) is 4.55. The zero-order valence-corrected chi connectivity index (χ0v) is 11.3. The lowest BCUT2D eigenvalue weighted by molar-refractivity contribution is -0.249. The zero-order valence-electron chi connectivity index (χ0n) is 11.3. The van der Waals surface area contributed by atoms with Gasteiger partial charge in [-0.25, -0.2) is 9.37 Å². The van der Waals surface area contributed by atoms with E-state index in [9.17, 15) is 17.6 Å². The normalized spacial score (nSPS) is 30.1. The molecule has 0 unspecified atom stereocenters. The number of nitrogens with zero attached hydrogens (tertiary/aromatic N) is 2. The van der Waals surface area contributed by atoms with E-state index in [1.54, 1.807) is 0 Å². The second-order valence-electron chi connectivity index (χ2n) is 5.18. The first-order valence-electron chi connectivity index (χ1n) is 5.97. The van der Waals surface area contributed by atoms with Gasteiger partial charge in [-0.05, 0) is 19.9 Å². The van der Waals surface area contributed by atoms with Gasteiger partial charge in [-0.3, -0.25) is 4.99 Å². The average Bonchev–Trinajstić information content (AvgIpc) is 2.36. The molecule has 2 atom stereocenters. The molecular formula is C12H14F4N4O. The van der Waals surface area contributed by atoms with Crippen molar-refractivity contribution in [1.82, 2.24) is 4.98 Å². The van der Waals surface area contributed by atoms with Gasteiger partial charge in [0.25, 0.3) is 0 Å². The molecule has 1 aliphatic heterocycles. The van der Waals surface area contributed by atoms with Crippen molar-refractivity contribution < 1.29 is 22.3 Å². The van der Waals surface area contributed by atoms with Gasteiger partial charge in [0.15, 0.2) is 0 Å². The van der Waals surface area contributed by atoms with Crippen LogP contribution in [0.2, 0.25) is 0 Å². The van der Waals surface area contributed by atoms with Crippen LogP contribution in [0.1, 0.15) is 19.4 Å². The third kappa shape index (κ3) is 2.41. The van der Waals surface area contributed by atoms with Gasteiger partial charge >= 0.3 is 6.18 Å². The highest BCUT2D eigenvalue weighted by atomic mass is 19.4. The number of rotatable bonds is 1. The van der Waals surface area contributed by atoms with Gasteiger partial charge in [-0.2, -0.15) is 13.2 Å². The van der Waals surface area contributed by atoms with Gasteiger partial charge in [0, 0.05) is 5.56 Å². The first kappa shape index (κ1) is 15.5. The van der Waals surface area contributed by atoms with E-state index >= 15 is 0 Å². The van der Waals surface area contributed by atoms with E-state index in [0.717, 1.165) is 13.1 Å². The number of anilines is 1. The fraction of sp³-hybridized carbons (Fsp3) is 0.500. The van der Waals surface area contributed by atoms with Crippen molar-refractivity contribution in [3.8, 4) is 0 Å². The fourth-order valence-electron chi connectivity index (χ4n) is 2.00. The Morgan fingerprint density at radius 3 is 2.43 bits per heavy atom. The first-order chi connectivity index (χ1) is 9.49. The maximum atomic E-state index is 13.8. The topological polar surface area (TPSA) is 86.5 Å². The minimum Gasteiger partial charge on any atom is -0.385 e. The van der Waals surface area contributed by atoms with Crippen molar-refractivity contribution in [2.24, 2.45) is 10.7 Å². The molecule has 0 aliphatic carbocycles. The van der Waals surface area contributed by atoms with Crippen molar-refractivity contribution in [2.45, 2.75) is 31.2 Å². The smallest absolute Gasteiger partial charge is 0.385 e. The molecule has 1 aromatic heterocycles. The van der Waals surface area contributed by atoms with E-state index in [1.807, 2.05) is 0 Å². The Labute approximate surface area is 118 Å². The quantitative estimate of drug-likeness (QED) is 0.774. The lowest BCUT2D eigenvalue weighted by Crippen LogP contribution is -2.60. The Bertz CT molecular complexity index is 603. The summed E-state index contributed by atoms with van der Waals surface area (Å²) >= 11 is 0. The molecule has 2 heterocycles. The molecule has 116 valence electrons. The zero-order chi connectivity index (χ0) is 16.1. The molecule has 9 heteroatoms. The summed E-state index contributed by atoms with van der Waals surface area (Å²) in [6, 6.07) is 1.20. The standard InChI is InChI=1S/C12H14F4N4O/c1-10(6-3-8(17)19-4-7(6)13)5-21-11(2,9(18)20-10)12(14,15)16/h3-4H,5H2,1-2H3,(H2,17,19)(H2,18,20)/t10-,11-/m1/s1. The number of hydrogen-bond acceptors (Lipinski definition) is 5. The number of amidine groups is 1. The van der Waals surface area contributed by atoms with E-state index in [0.29, 0.717) is 0 Å². The number of nitrogens with two attached hydrogens (primary N) is 2. The molecule has 1 aliphatic rings. The number of pyridine rings is 1. The van der Waals surface area contributed by atoms with Gasteiger partial charge in [-0.1, -0.05) is 0 Å². The SMILES string of the molecule is C[C@]1(c2cc(N)ncc2F)CO[C@@](C)(C(F)(F)F)C(N)=N1. The Morgan fingerprint density at radius 1 is 1.29 bits per heavy atom. The Kier molecular flexibility index (Phi) is 3.36. The van der Waals surface area contributed by atoms with Crippen LogP contribution >= 0.6 is 0 Å². The minimum atomic E-state index is -4.72. The second-order valence-corrected chi connectivity index (χ2v) is 5.18. The number of hydrogen-bond donors (Lipinski definition) is 2. The van der Waals surface area contributed by atoms with E-state index in [2.05, 4.69) is 9.98 Å². The van der Waals surface area contributed by atoms with Crippen LogP contribution in [0, 0.1) is 5.82 Å². The molecule has 0 bridgehead atoms. The van der Waals surface area contributed by atoms with Crippen molar-refractivity contribution in [1.29, 1.82) is 0 Å². The van der Waals surface area contributed by atoms with Crippen LogP contribution in [-0.2, 0) is 10.3 Å². The minimum absolute atomic E-state index is 0.0190. The monoisotopic (exact) mass is 306 g/mol. The van der Waals surface area contributed by atoms with Crippen LogP contribution in [0.25, 0.3) is 0 Å². The molecule has 0 radical (unpaired) electrons. The number of ether oxygens (including phenoxy) is 1. The summed E-state index contributed by atoms with van der Waals surface area (Å²) in [5, 5.41) is 0. The largest absolute Gasteiger partial charge is 0.424 e. The van der Waals surface area contributed by atoms with Gasteiger partial charge < -0.3 is 16.2 Å². The van der Waals surface area contributed by atoms with E-state index in [4.69, 9.17) is 16.2 Å². The Balaban J connectivity index is 2.51. The number of nitrogen functional groups attached to an aromatic ring is 1. The highest BCUT2D eigenvalue weighted by Gasteiger charge is 2.59. The fourth-order valence-corrected chi connectivity index (χ4v) is 2.00. The molecule has 0 spiro atoms. The molecule has 1 aromatic rings. The average molecular weight is 306 g/mol. The van der Waals surface area contributed by atoms with Crippen LogP contribution in [0.5, 0.6) is 0 Å². The third-order valence-corrected chi connectivity index (χ3v) is 3.50.